The van der Waals surface area contributed by atoms with E-state index in [9.17, 15) is 0 Å². The normalized spacial score (nSPS) is 18.8. The molecule has 0 saturated carbocycles. The van der Waals surface area contributed by atoms with E-state index in [1.807, 2.05) is 11.6 Å². The molecule has 1 aliphatic heterocycles. The van der Waals surface area contributed by atoms with Crippen molar-refractivity contribution in [2.75, 3.05) is 18.9 Å². The smallest absolute Gasteiger partial charge is 0.217 e. The highest BCUT2D eigenvalue weighted by Gasteiger charge is 2.22. The standard InChI is InChI=1S/C7H11N3O2/c1-10-4-5(8)9-6(10)7-11-2-3-12-7/h4,7H,2-3,8H2,1H3. The molecule has 1 saturated heterocycles. The molecule has 0 aliphatic carbocycles. The van der Waals surface area contributed by atoms with Crippen LogP contribution in [0.2, 0.25) is 0 Å². The van der Waals surface area contributed by atoms with Crippen LogP contribution in [0.15, 0.2) is 6.20 Å². The van der Waals surface area contributed by atoms with Gasteiger partial charge in [-0.3, -0.25) is 0 Å². The van der Waals surface area contributed by atoms with Gasteiger partial charge in [0.1, 0.15) is 5.82 Å². The van der Waals surface area contributed by atoms with E-state index in [2.05, 4.69) is 4.98 Å². The van der Waals surface area contributed by atoms with Crippen LogP contribution in [0, 0.1) is 0 Å². The minimum Gasteiger partial charge on any atom is -0.382 e. The molecule has 0 unspecified atom stereocenters. The van der Waals surface area contributed by atoms with Gasteiger partial charge in [0.2, 0.25) is 6.29 Å². The Morgan fingerprint density at radius 2 is 2.25 bits per heavy atom. The van der Waals surface area contributed by atoms with Crippen LogP contribution in [0.5, 0.6) is 0 Å². The fourth-order valence-electron chi connectivity index (χ4n) is 1.23. The van der Waals surface area contributed by atoms with Crippen LogP contribution in [-0.4, -0.2) is 22.8 Å². The maximum Gasteiger partial charge on any atom is 0.217 e. The molecule has 5 nitrogen and oxygen atoms in total. The summed E-state index contributed by atoms with van der Waals surface area (Å²) in [5.74, 6) is 1.22. The first kappa shape index (κ1) is 7.57. The van der Waals surface area contributed by atoms with Gasteiger partial charge in [0.05, 0.1) is 13.2 Å². The number of nitrogens with zero attached hydrogens (tertiary/aromatic N) is 2. The second-order valence-electron chi connectivity index (χ2n) is 2.71. The molecule has 12 heavy (non-hydrogen) atoms. The molecule has 0 radical (unpaired) electrons. The molecule has 0 bridgehead atoms. The monoisotopic (exact) mass is 169 g/mol. The number of aryl methyl sites for hydroxylation is 1. The van der Waals surface area contributed by atoms with E-state index in [0.717, 1.165) is 5.82 Å². The number of ether oxygens (including phenoxy) is 2. The molecular formula is C7H11N3O2. The molecule has 1 aromatic rings. The van der Waals surface area contributed by atoms with E-state index in [1.54, 1.807) is 6.20 Å². The minimum absolute atomic E-state index is 0.340. The highest BCUT2D eigenvalue weighted by molar-refractivity contribution is 5.26. The van der Waals surface area contributed by atoms with Gasteiger partial charge in [0, 0.05) is 13.2 Å². The van der Waals surface area contributed by atoms with Gasteiger partial charge in [-0.1, -0.05) is 0 Å². The Balaban J connectivity index is 2.25. The van der Waals surface area contributed by atoms with Crippen molar-refractivity contribution < 1.29 is 9.47 Å². The van der Waals surface area contributed by atoms with Crippen molar-refractivity contribution in [2.24, 2.45) is 7.05 Å². The molecule has 2 rings (SSSR count). The number of nitrogen functional groups attached to an aromatic ring is 1. The Hall–Kier alpha value is -1.07. The van der Waals surface area contributed by atoms with E-state index in [0.29, 0.717) is 19.0 Å². The third-order valence-electron chi connectivity index (χ3n) is 1.76. The SMILES string of the molecule is Cn1cc(N)nc1C1OCCO1. The third kappa shape index (κ3) is 1.17. The van der Waals surface area contributed by atoms with Crippen molar-refractivity contribution in [3.63, 3.8) is 0 Å². The number of aromatic nitrogens is 2. The summed E-state index contributed by atoms with van der Waals surface area (Å²) >= 11 is 0. The van der Waals surface area contributed by atoms with Crippen molar-refractivity contribution in [3.05, 3.63) is 12.0 Å². The van der Waals surface area contributed by atoms with Crippen LogP contribution in [0.1, 0.15) is 12.1 Å². The molecule has 0 amide bonds. The number of hydrogen-bond donors (Lipinski definition) is 1. The van der Waals surface area contributed by atoms with Crippen molar-refractivity contribution in [3.8, 4) is 0 Å². The molecule has 0 aromatic carbocycles. The zero-order valence-corrected chi connectivity index (χ0v) is 6.86. The summed E-state index contributed by atoms with van der Waals surface area (Å²) in [6.45, 7) is 1.24. The van der Waals surface area contributed by atoms with Gasteiger partial charge in [-0.05, 0) is 0 Å². The summed E-state index contributed by atoms with van der Waals surface area (Å²) in [5.41, 5.74) is 5.50. The van der Waals surface area contributed by atoms with Crippen LogP contribution >= 0.6 is 0 Å². The number of rotatable bonds is 1. The summed E-state index contributed by atoms with van der Waals surface area (Å²) in [5, 5.41) is 0. The van der Waals surface area contributed by atoms with E-state index >= 15 is 0 Å². The van der Waals surface area contributed by atoms with Gasteiger partial charge >= 0.3 is 0 Å². The first-order valence-corrected chi connectivity index (χ1v) is 3.79. The lowest BCUT2D eigenvalue weighted by Crippen LogP contribution is -2.05. The maximum absolute atomic E-state index is 5.50. The van der Waals surface area contributed by atoms with E-state index in [4.69, 9.17) is 15.2 Å². The minimum atomic E-state index is -0.340. The van der Waals surface area contributed by atoms with Gasteiger partial charge in [-0.15, -0.1) is 0 Å². The molecular weight excluding hydrogens is 158 g/mol. The lowest BCUT2D eigenvalue weighted by Gasteiger charge is -2.07. The van der Waals surface area contributed by atoms with Gasteiger partial charge in [0.25, 0.3) is 0 Å². The number of hydrogen-bond acceptors (Lipinski definition) is 4. The Morgan fingerprint density at radius 1 is 1.58 bits per heavy atom. The topological polar surface area (TPSA) is 62.3 Å². The fraction of sp³-hybridized carbons (Fsp3) is 0.571. The van der Waals surface area contributed by atoms with Gasteiger partial charge in [-0.25, -0.2) is 4.98 Å². The second kappa shape index (κ2) is 2.76. The Labute approximate surface area is 70.1 Å². The Morgan fingerprint density at radius 3 is 2.75 bits per heavy atom. The molecule has 5 heteroatoms. The van der Waals surface area contributed by atoms with E-state index in [-0.39, 0.29) is 6.29 Å². The summed E-state index contributed by atoms with van der Waals surface area (Å²) in [7, 11) is 1.86. The number of anilines is 1. The van der Waals surface area contributed by atoms with Crippen molar-refractivity contribution in [1.82, 2.24) is 9.55 Å². The molecule has 0 atom stereocenters. The predicted molar refractivity (Wildman–Crippen MR) is 42.3 cm³/mol. The quantitative estimate of drug-likeness (QED) is 0.645. The van der Waals surface area contributed by atoms with Crippen molar-refractivity contribution in [1.29, 1.82) is 0 Å². The second-order valence-corrected chi connectivity index (χ2v) is 2.71. The predicted octanol–water partition coefficient (Wildman–Crippen LogP) is 0.0477. The highest BCUT2D eigenvalue weighted by atomic mass is 16.7. The van der Waals surface area contributed by atoms with Gasteiger partial charge < -0.3 is 19.8 Å². The van der Waals surface area contributed by atoms with E-state index in [1.165, 1.54) is 0 Å². The molecule has 2 N–H and O–H groups in total. The van der Waals surface area contributed by atoms with Crippen molar-refractivity contribution in [2.45, 2.75) is 6.29 Å². The van der Waals surface area contributed by atoms with Gasteiger partial charge in [-0.2, -0.15) is 0 Å². The van der Waals surface area contributed by atoms with Crippen LogP contribution in [0.25, 0.3) is 0 Å². The Bertz CT molecular complexity index is 278. The lowest BCUT2D eigenvalue weighted by molar-refractivity contribution is -0.0523. The summed E-state index contributed by atoms with van der Waals surface area (Å²) in [6, 6.07) is 0. The third-order valence-corrected chi connectivity index (χ3v) is 1.76. The van der Waals surface area contributed by atoms with Gasteiger partial charge in [0.15, 0.2) is 5.82 Å². The number of imidazole rings is 1. The molecule has 66 valence electrons. The number of nitrogens with two attached hydrogens (primary N) is 1. The largest absolute Gasteiger partial charge is 0.382 e. The molecule has 2 heterocycles. The lowest BCUT2D eigenvalue weighted by atomic mass is 10.6. The Kier molecular flexibility index (Phi) is 1.74. The first-order valence-electron chi connectivity index (χ1n) is 3.79. The molecule has 1 fully saturated rings. The summed E-state index contributed by atoms with van der Waals surface area (Å²) in [4.78, 5) is 4.08. The molecule has 1 aliphatic rings. The van der Waals surface area contributed by atoms with Crippen LogP contribution < -0.4 is 5.73 Å². The zero-order valence-electron chi connectivity index (χ0n) is 6.86. The average molecular weight is 169 g/mol. The van der Waals surface area contributed by atoms with Crippen LogP contribution in [0.4, 0.5) is 5.82 Å². The summed E-state index contributed by atoms with van der Waals surface area (Å²) in [6.07, 6.45) is 1.40. The molecule has 0 spiro atoms. The van der Waals surface area contributed by atoms with Crippen LogP contribution in [0.3, 0.4) is 0 Å². The molecule has 1 aromatic heterocycles. The van der Waals surface area contributed by atoms with Crippen molar-refractivity contribution >= 4 is 5.82 Å². The first-order chi connectivity index (χ1) is 5.77. The van der Waals surface area contributed by atoms with Crippen LogP contribution in [-0.2, 0) is 16.5 Å². The zero-order chi connectivity index (χ0) is 8.55. The summed E-state index contributed by atoms with van der Waals surface area (Å²) < 4.78 is 12.4. The highest BCUT2D eigenvalue weighted by Crippen LogP contribution is 2.22. The average Bonchev–Trinajstić information content (AvgIpc) is 2.58. The maximum atomic E-state index is 5.50. The fourth-order valence-corrected chi connectivity index (χ4v) is 1.23. The van der Waals surface area contributed by atoms with E-state index < -0.39 is 0 Å².